The Balaban J connectivity index is 4.61. The molecule has 0 heterocycles. The van der Waals surface area contributed by atoms with Crippen LogP contribution in [-0.4, -0.2) is 29.9 Å². The molecule has 0 aromatic rings. The van der Waals surface area contributed by atoms with Crippen molar-refractivity contribution in [2.75, 3.05) is 13.2 Å². The zero-order chi connectivity index (χ0) is 21.6. The summed E-state index contributed by atoms with van der Waals surface area (Å²) in [5, 5.41) is 9.47. The Morgan fingerprint density at radius 3 is 1.79 bits per heavy atom. The van der Waals surface area contributed by atoms with Crippen molar-refractivity contribution in [1.29, 1.82) is 0 Å². The number of aliphatic carboxylic acids is 1. The number of hydrogen-bond acceptors (Lipinski definition) is 4. The van der Waals surface area contributed by atoms with E-state index in [1.807, 2.05) is 13.0 Å². The second-order valence-electron chi connectivity index (χ2n) is 7.27. The molecule has 0 radical (unpaired) electrons. The van der Waals surface area contributed by atoms with Gasteiger partial charge >= 0.3 is 13.6 Å². The first-order chi connectivity index (χ1) is 13.2. The van der Waals surface area contributed by atoms with Crippen molar-refractivity contribution in [3.05, 3.63) is 34.9 Å². The summed E-state index contributed by atoms with van der Waals surface area (Å²) >= 11 is 0. The van der Waals surface area contributed by atoms with E-state index < -0.39 is 19.2 Å². The Kier molecular flexibility index (Phi) is 14.2. The molecule has 1 N–H and O–H groups in total. The highest BCUT2D eigenvalue weighted by Gasteiger charge is 2.40. The minimum Gasteiger partial charge on any atom is -0.481 e. The lowest BCUT2D eigenvalue weighted by molar-refractivity contribution is -0.137. The summed E-state index contributed by atoms with van der Waals surface area (Å²) in [6.45, 7) is 12.1. The van der Waals surface area contributed by atoms with Gasteiger partial charge in [-0.15, -0.1) is 0 Å². The van der Waals surface area contributed by atoms with Gasteiger partial charge in [0.1, 0.15) is 0 Å². The summed E-state index contributed by atoms with van der Waals surface area (Å²) in [5.41, 5.74) is 2.82. The first-order valence-corrected chi connectivity index (χ1v) is 11.8. The summed E-state index contributed by atoms with van der Waals surface area (Å²) < 4.78 is 23.2. The van der Waals surface area contributed by atoms with Crippen LogP contribution in [0.5, 0.6) is 0 Å². The molecule has 0 fully saturated rings. The van der Waals surface area contributed by atoms with Crippen LogP contribution in [0.1, 0.15) is 80.1 Å². The van der Waals surface area contributed by atoms with Crippen LogP contribution in [0.3, 0.4) is 0 Å². The lowest BCUT2D eigenvalue weighted by atomic mass is 10.1. The largest absolute Gasteiger partial charge is 0.481 e. The molecular weight excluding hydrogens is 375 g/mol. The first kappa shape index (κ1) is 26.8. The molecule has 0 aliphatic rings. The molecule has 1 unspecified atom stereocenters. The number of carbonyl (C=O) groups is 1. The standard InChI is InChI=1S/C22H39O5P/c1-7-26-28(25,27-8-2)21(22(23)24)17-11-16-20(6)15-10-14-19(5)13-9-12-18(3)4/h12,14,16,21H,7-11,13,15,17H2,1-6H3,(H,23,24). The molecule has 0 amide bonds. The molecule has 5 nitrogen and oxygen atoms in total. The molecule has 0 bridgehead atoms. The van der Waals surface area contributed by atoms with E-state index in [0.717, 1.165) is 25.7 Å². The summed E-state index contributed by atoms with van der Waals surface area (Å²) in [4.78, 5) is 11.6. The molecule has 0 rings (SSSR count). The van der Waals surface area contributed by atoms with Crippen molar-refractivity contribution in [2.45, 2.75) is 85.7 Å². The lowest BCUT2D eigenvalue weighted by Crippen LogP contribution is -2.23. The van der Waals surface area contributed by atoms with Gasteiger partial charge in [0.15, 0.2) is 5.66 Å². The topological polar surface area (TPSA) is 72.8 Å². The van der Waals surface area contributed by atoms with E-state index >= 15 is 0 Å². The van der Waals surface area contributed by atoms with Gasteiger partial charge in [-0.1, -0.05) is 34.9 Å². The molecular formula is C22H39O5P. The average Bonchev–Trinajstić information content (AvgIpc) is 2.58. The van der Waals surface area contributed by atoms with E-state index in [-0.39, 0.29) is 19.6 Å². The second-order valence-corrected chi connectivity index (χ2v) is 9.49. The number of rotatable bonds is 15. The van der Waals surface area contributed by atoms with Crippen LogP contribution >= 0.6 is 7.60 Å². The summed E-state index contributed by atoms with van der Waals surface area (Å²) in [6.07, 6.45) is 11.4. The van der Waals surface area contributed by atoms with Gasteiger partial charge in [-0.05, 0) is 80.1 Å². The predicted molar refractivity (Wildman–Crippen MR) is 117 cm³/mol. The van der Waals surface area contributed by atoms with E-state index in [1.165, 1.54) is 16.7 Å². The fourth-order valence-corrected chi connectivity index (χ4v) is 4.71. The Morgan fingerprint density at radius 2 is 1.36 bits per heavy atom. The van der Waals surface area contributed by atoms with Crippen molar-refractivity contribution < 1.29 is 23.5 Å². The summed E-state index contributed by atoms with van der Waals surface area (Å²) in [5.74, 6) is -1.13. The van der Waals surface area contributed by atoms with Crippen LogP contribution in [0.15, 0.2) is 34.9 Å². The SMILES string of the molecule is CCOP(=O)(OCC)C(CCC=C(C)CCC=C(C)CCC=C(C)C)C(=O)O. The zero-order valence-corrected chi connectivity index (χ0v) is 19.4. The number of allylic oxidation sites excluding steroid dienone is 6. The highest BCUT2D eigenvalue weighted by Crippen LogP contribution is 2.54. The Bertz CT molecular complexity index is 590. The number of carboxylic acid groups (broad SMARTS) is 1. The van der Waals surface area contributed by atoms with Crippen molar-refractivity contribution >= 4 is 13.6 Å². The van der Waals surface area contributed by atoms with Crippen molar-refractivity contribution in [2.24, 2.45) is 0 Å². The molecule has 1 atom stereocenters. The van der Waals surface area contributed by atoms with Gasteiger partial charge in [0.2, 0.25) is 0 Å². The lowest BCUT2D eigenvalue weighted by Gasteiger charge is -2.22. The third-order valence-corrected chi connectivity index (χ3v) is 6.82. The molecule has 162 valence electrons. The van der Waals surface area contributed by atoms with E-state index in [2.05, 4.69) is 32.9 Å². The normalized spacial score (nSPS) is 14.1. The van der Waals surface area contributed by atoms with Crippen LogP contribution in [0.2, 0.25) is 0 Å². The molecule has 0 aromatic carbocycles. The molecule has 0 aliphatic heterocycles. The molecule has 0 aromatic heterocycles. The predicted octanol–water partition coefficient (Wildman–Crippen LogP) is 6.91. The maximum absolute atomic E-state index is 12.7. The minimum atomic E-state index is -3.64. The average molecular weight is 415 g/mol. The van der Waals surface area contributed by atoms with Crippen LogP contribution in [0, 0.1) is 0 Å². The smallest absolute Gasteiger partial charge is 0.344 e. The molecule has 6 heteroatoms. The monoisotopic (exact) mass is 414 g/mol. The second kappa shape index (κ2) is 14.8. The number of carboxylic acids is 1. The van der Waals surface area contributed by atoms with Gasteiger partial charge in [0.05, 0.1) is 13.2 Å². The Labute approximate surface area is 171 Å². The van der Waals surface area contributed by atoms with Gasteiger partial charge in [-0.2, -0.15) is 0 Å². The molecule has 0 aliphatic carbocycles. The van der Waals surface area contributed by atoms with E-state index in [9.17, 15) is 14.5 Å². The highest BCUT2D eigenvalue weighted by atomic mass is 31.2. The summed E-state index contributed by atoms with van der Waals surface area (Å²) in [6, 6.07) is 0. The maximum atomic E-state index is 12.7. The van der Waals surface area contributed by atoms with Crippen molar-refractivity contribution in [3.8, 4) is 0 Å². The van der Waals surface area contributed by atoms with Gasteiger partial charge in [-0.25, -0.2) is 0 Å². The van der Waals surface area contributed by atoms with Crippen molar-refractivity contribution in [3.63, 3.8) is 0 Å². The first-order valence-electron chi connectivity index (χ1n) is 10.2. The van der Waals surface area contributed by atoms with E-state index in [0.29, 0.717) is 6.42 Å². The summed E-state index contributed by atoms with van der Waals surface area (Å²) in [7, 11) is -3.64. The third-order valence-electron chi connectivity index (χ3n) is 4.34. The van der Waals surface area contributed by atoms with Gasteiger partial charge in [-0.3, -0.25) is 9.36 Å². The van der Waals surface area contributed by atoms with Gasteiger partial charge in [0, 0.05) is 0 Å². The minimum absolute atomic E-state index is 0.162. The van der Waals surface area contributed by atoms with Crippen LogP contribution in [0.4, 0.5) is 0 Å². The van der Waals surface area contributed by atoms with Crippen LogP contribution < -0.4 is 0 Å². The Hall–Kier alpha value is -1.16. The Morgan fingerprint density at radius 1 is 0.893 bits per heavy atom. The van der Waals surface area contributed by atoms with Crippen molar-refractivity contribution in [1.82, 2.24) is 0 Å². The van der Waals surface area contributed by atoms with Crippen LogP contribution in [0.25, 0.3) is 0 Å². The quantitative estimate of drug-likeness (QED) is 0.233. The van der Waals surface area contributed by atoms with E-state index in [4.69, 9.17) is 9.05 Å². The third kappa shape index (κ3) is 11.6. The fourth-order valence-electron chi connectivity index (χ4n) is 2.82. The zero-order valence-electron chi connectivity index (χ0n) is 18.5. The molecule has 28 heavy (non-hydrogen) atoms. The van der Waals surface area contributed by atoms with Crippen LogP contribution in [-0.2, 0) is 18.4 Å². The highest BCUT2D eigenvalue weighted by molar-refractivity contribution is 7.55. The van der Waals surface area contributed by atoms with E-state index in [1.54, 1.807) is 13.8 Å². The fraction of sp³-hybridized carbons (Fsp3) is 0.682. The molecule has 0 spiro atoms. The number of hydrogen-bond donors (Lipinski definition) is 1. The van der Waals surface area contributed by atoms with Gasteiger partial charge in [0.25, 0.3) is 0 Å². The maximum Gasteiger partial charge on any atom is 0.344 e. The molecule has 0 saturated heterocycles. The van der Waals surface area contributed by atoms with Gasteiger partial charge < -0.3 is 14.2 Å². The molecule has 0 saturated carbocycles.